The molecule has 0 radical (unpaired) electrons. The van der Waals surface area contributed by atoms with Crippen molar-refractivity contribution in [1.82, 2.24) is 0 Å². The van der Waals surface area contributed by atoms with Crippen LogP contribution in [0.15, 0.2) is 18.2 Å². The van der Waals surface area contributed by atoms with E-state index in [1.807, 2.05) is 13.8 Å². The van der Waals surface area contributed by atoms with Crippen molar-refractivity contribution < 1.29 is 24.3 Å². The van der Waals surface area contributed by atoms with Gasteiger partial charge in [-0.2, -0.15) is 0 Å². The molecule has 1 aromatic rings. The second-order valence-electron chi connectivity index (χ2n) is 7.03. The largest absolute Gasteiger partial charge is 0.488 e. The molecule has 0 saturated heterocycles. The molecule has 7 heteroatoms. The fourth-order valence-electron chi connectivity index (χ4n) is 2.27. The van der Waals surface area contributed by atoms with E-state index in [1.165, 1.54) is 11.0 Å². The molecule has 1 amide bonds. The zero-order valence-electron chi connectivity index (χ0n) is 13.6. The summed E-state index contributed by atoms with van der Waals surface area (Å²) in [6.07, 6.45) is -0.491. The van der Waals surface area contributed by atoms with Crippen LogP contribution in [0.5, 0.6) is 5.75 Å². The Morgan fingerprint density at radius 2 is 2.00 bits per heavy atom. The molecule has 0 fully saturated rings. The van der Waals surface area contributed by atoms with E-state index in [0.717, 1.165) is 0 Å². The summed E-state index contributed by atoms with van der Waals surface area (Å²) in [5.41, 5.74) is -0.424. The van der Waals surface area contributed by atoms with Crippen molar-refractivity contribution in [2.45, 2.75) is 45.8 Å². The van der Waals surface area contributed by atoms with E-state index in [0.29, 0.717) is 18.0 Å². The average molecular weight is 307 g/mol. The van der Waals surface area contributed by atoms with E-state index in [2.05, 4.69) is 0 Å². The monoisotopic (exact) mass is 307 g/mol. The van der Waals surface area contributed by atoms with E-state index in [4.69, 9.17) is 9.47 Å². The lowest BCUT2D eigenvalue weighted by molar-refractivity contribution is 0.0484. The van der Waals surface area contributed by atoms with Gasteiger partial charge in [0.1, 0.15) is 17.0 Å². The van der Waals surface area contributed by atoms with Crippen molar-refractivity contribution >= 4 is 24.4 Å². The number of anilines is 1. The van der Waals surface area contributed by atoms with Gasteiger partial charge in [-0.25, -0.2) is 4.79 Å². The van der Waals surface area contributed by atoms with E-state index in [1.54, 1.807) is 32.9 Å². The Bertz CT molecular complexity index is 580. The van der Waals surface area contributed by atoms with Gasteiger partial charge in [0, 0.05) is 0 Å². The molecule has 0 bridgehead atoms. The van der Waals surface area contributed by atoms with Crippen LogP contribution in [0.1, 0.15) is 34.6 Å². The first-order valence-corrected chi connectivity index (χ1v) is 7.18. The highest BCUT2D eigenvalue weighted by atomic mass is 16.6. The lowest BCUT2D eigenvalue weighted by Gasteiger charge is -2.40. The number of benzene rings is 1. The minimum Gasteiger partial charge on any atom is -0.484 e. The zero-order chi connectivity index (χ0) is 16.7. The van der Waals surface area contributed by atoms with Crippen molar-refractivity contribution in [3.8, 4) is 5.75 Å². The van der Waals surface area contributed by atoms with Gasteiger partial charge in [-0.05, 0) is 52.2 Å². The van der Waals surface area contributed by atoms with Gasteiger partial charge in [-0.3, -0.25) is 4.90 Å². The molecule has 0 atom stereocenters. The van der Waals surface area contributed by atoms with Crippen molar-refractivity contribution in [3.05, 3.63) is 18.2 Å². The topological polar surface area (TPSA) is 79.2 Å². The molecule has 22 heavy (non-hydrogen) atoms. The average Bonchev–Trinajstić information content (AvgIpc) is 2.33. The maximum Gasteiger partial charge on any atom is 0.488 e. The van der Waals surface area contributed by atoms with Crippen LogP contribution >= 0.6 is 0 Å². The standard InChI is InChI=1S/C15H22BNO5/c1-14(2,3)22-13(18)17-9-15(4,5)21-12-7-6-10(16(19)20)8-11(12)17/h6-8,19-20H,9H2,1-5H3. The van der Waals surface area contributed by atoms with E-state index < -0.39 is 24.4 Å². The highest BCUT2D eigenvalue weighted by molar-refractivity contribution is 6.58. The summed E-state index contributed by atoms with van der Waals surface area (Å²) >= 11 is 0. The minimum absolute atomic E-state index is 0.288. The number of carbonyl (C=O) groups excluding carboxylic acids is 1. The molecule has 0 aliphatic carbocycles. The predicted molar refractivity (Wildman–Crippen MR) is 84.6 cm³/mol. The van der Waals surface area contributed by atoms with Crippen molar-refractivity contribution in [3.63, 3.8) is 0 Å². The number of hydrogen-bond donors (Lipinski definition) is 2. The molecule has 1 aliphatic rings. The summed E-state index contributed by atoms with van der Waals surface area (Å²) in [5.74, 6) is 0.506. The summed E-state index contributed by atoms with van der Waals surface area (Å²) < 4.78 is 11.3. The first-order valence-electron chi connectivity index (χ1n) is 7.18. The summed E-state index contributed by atoms with van der Waals surface area (Å²) in [4.78, 5) is 13.9. The molecule has 1 aliphatic heterocycles. The van der Waals surface area contributed by atoms with Gasteiger partial charge in [-0.1, -0.05) is 6.07 Å². The van der Waals surface area contributed by atoms with E-state index in [-0.39, 0.29) is 5.46 Å². The van der Waals surface area contributed by atoms with Crippen LogP contribution in [0, 0.1) is 0 Å². The van der Waals surface area contributed by atoms with Gasteiger partial charge in [0.25, 0.3) is 0 Å². The summed E-state index contributed by atoms with van der Waals surface area (Å²) in [6, 6.07) is 4.71. The van der Waals surface area contributed by atoms with Crippen LogP contribution in [-0.4, -0.2) is 41.0 Å². The van der Waals surface area contributed by atoms with Crippen LogP contribution in [0.4, 0.5) is 10.5 Å². The van der Waals surface area contributed by atoms with Crippen LogP contribution in [0.25, 0.3) is 0 Å². The Kier molecular flexibility index (Phi) is 4.15. The molecule has 0 saturated carbocycles. The number of fused-ring (bicyclic) bond motifs is 1. The second kappa shape index (κ2) is 5.48. The molecule has 2 N–H and O–H groups in total. The van der Waals surface area contributed by atoms with Crippen LogP contribution in [0.3, 0.4) is 0 Å². The third-order valence-corrected chi connectivity index (χ3v) is 3.11. The lowest BCUT2D eigenvalue weighted by atomic mass is 9.80. The first kappa shape index (κ1) is 16.6. The normalized spacial score (nSPS) is 16.6. The second-order valence-corrected chi connectivity index (χ2v) is 7.03. The Balaban J connectivity index is 2.42. The Labute approximate surface area is 130 Å². The molecule has 1 aromatic carbocycles. The first-order chi connectivity index (χ1) is 9.98. The summed E-state index contributed by atoms with van der Waals surface area (Å²) in [7, 11) is -1.61. The molecule has 1 heterocycles. The Hall–Kier alpha value is -1.73. The fourth-order valence-corrected chi connectivity index (χ4v) is 2.27. The highest BCUT2D eigenvalue weighted by Crippen LogP contribution is 2.37. The van der Waals surface area contributed by atoms with Gasteiger partial charge in [0.05, 0.1) is 12.2 Å². The number of amides is 1. The Morgan fingerprint density at radius 1 is 1.36 bits per heavy atom. The van der Waals surface area contributed by atoms with Crippen molar-refractivity contribution in [2.24, 2.45) is 0 Å². The van der Waals surface area contributed by atoms with Crippen LogP contribution < -0.4 is 15.1 Å². The molecular formula is C15H22BNO5. The summed E-state index contributed by atoms with van der Waals surface area (Å²) in [5, 5.41) is 18.6. The fraction of sp³-hybridized carbons (Fsp3) is 0.533. The van der Waals surface area contributed by atoms with Crippen molar-refractivity contribution in [1.29, 1.82) is 0 Å². The van der Waals surface area contributed by atoms with Crippen LogP contribution in [-0.2, 0) is 4.74 Å². The lowest BCUT2D eigenvalue weighted by Crippen LogP contribution is -2.51. The minimum atomic E-state index is -1.61. The zero-order valence-corrected chi connectivity index (χ0v) is 13.6. The number of ether oxygens (including phenoxy) is 2. The van der Waals surface area contributed by atoms with Gasteiger partial charge >= 0.3 is 13.2 Å². The van der Waals surface area contributed by atoms with Gasteiger partial charge < -0.3 is 19.5 Å². The van der Waals surface area contributed by atoms with Gasteiger partial charge in [0.15, 0.2) is 0 Å². The van der Waals surface area contributed by atoms with Gasteiger partial charge in [-0.15, -0.1) is 0 Å². The maximum absolute atomic E-state index is 12.5. The van der Waals surface area contributed by atoms with Gasteiger partial charge in [0.2, 0.25) is 0 Å². The number of carbonyl (C=O) groups is 1. The molecule has 0 aromatic heterocycles. The van der Waals surface area contributed by atoms with Crippen LogP contribution in [0.2, 0.25) is 0 Å². The smallest absolute Gasteiger partial charge is 0.484 e. The molecule has 0 spiro atoms. The third kappa shape index (κ3) is 3.72. The Morgan fingerprint density at radius 3 is 2.55 bits per heavy atom. The van der Waals surface area contributed by atoms with E-state index in [9.17, 15) is 14.8 Å². The van der Waals surface area contributed by atoms with E-state index >= 15 is 0 Å². The molecule has 2 rings (SSSR count). The highest BCUT2D eigenvalue weighted by Gasteiger charge is 2.37. The maximum atomic E-state index is 12.5. The summed E-state index contributed by atoms with van der Waals surface area (Å²) in [6.45, 7) is 9.45. The molecule has 0 unspecified atom stereocenters. The molecular weight excluding hydrogens is 285 g/mol. The number of rotatable bonds is 1. The molecule has 120 valence electrons. The number of nitrogens with zero attached hydrogens (tertiary/aromatic N) is 1. The third-order valence-electron chi connectivity index (χ3n) is 3.11. The number of hydrogen-bond acceptors (Lipinski definition) is 5. The van der Waals surface area contributed by atoms with Crippen molar-refractivity contribution in [2.75, 3.05) is 11.4 Å². The predicted octanol–water partition coefficient (Wildman–Crippen LogP) is 1.28. The quantitative estimate of drug-likeness (QED) is 0.764. The SMILES string of the molecule is CC(C)(C)OC(=O)N1CC(C)(C)Oc2ccc(B(O)O)cc21. The molecule has 6 nitrogen and oxygen atoms in total.